The molecule has 1 N–H and O–H groups in total. The topological polar surface area (TPSA) is 128 Å². The molecule has 0 aliphatic carbocycles. The second-order valence-corrected chi connectivity index (χ2v) is 5.90. The van der Waals surface area contributed by atoms with Crippen LogP contribution in [0.25, 0.3) is 0 Å². The van der Waals surface area contributed by atoms with Crippen LogP contribution in [0, 0.1) is 10.1 Å². The molecule has 11 heteroatoms. The lowest BCUT2D eigenvalue weighted by Gasteiger charge is -2.05. The summed E-state index contributed by atoms with van der Waals surface area (Å²) < 4.78 is 31.1. The first-order valence-electron chi connectivity index (χ1n) is 5.63. The number of hydrogen-bond acceptors (Lipinski definition) is 7. The first-order valence-corrected chi connectivity index (χ1v) is 7.49. The van der Waals surface area contributed by atoms with E-state index >= 15 is 0 Å². The van der Waals surface area contributed by atoms with Gasteiger partial charge >= 0.3 is 0 Å². The summed E-state index contributed by atoms with van der Waals surface area (Å²) in [6.45, 7) is 1.76. The van der Waals surface area contributed by atoms with E-state index in [2.05, 4.69) is 14.9 Å². The van der Waals surface area contributed by atoms with Crippen LogP contribution in [0.1, 0.15) is 12.8 Å². The Morgan fingerprint density at radius 2 is 2.19 bits per heavy atom. The second kappa shape index (κ2) is 5.66. The van der Waals surface area contributed by atoms with Crippen molar-refractivity contribution in [3.8, 4) is 0 Å². The van der Waals surface area contributed by atoms with Crippen molar-refractivity contribution in [3.05, 3.63) is 39.2 Å². The number of aromatic nitrogens is 2. The van der Waals surface area contributed by atoms with E-state index < -0.39 is 14.9 Å². The number of aryl methyl sites for hydroxylation is 1. The van der Waals surface area contributed by atoms with Crippen LogP contribution in [0.2, 0.25) is 5.02 Å². The SMILES string of the molecule is CCc1nc(NS(=O)(=O)c2ccc([N+](=O)[O-])cc2Cl)no1. The van der Waals surface area contributed by atoms with Crippen LogP contribution in [0.3, 0.4) is 0 Å². The summed E-state index contributed by atoms with van der Waals surface area (Å²) >= 11 is 5.77. The fourth-order valence-electron chi connectivity index (χ4n) is 1.44. The maximum atomic E-state index is 12.1. The maximum absolute atomic E-state index is 12.1. The lowest BCUT2D eigenvalue weighted by Crippen LogP contribution is -2.14. The Bertz CT molecular complexity index is 788. The molecular weight excluding hydrogens is 324 g/mol. The largest absolute Gasteiger partial charge is 0.337 e. The Balaban J connectivity index is 2.33. The Labute approximate surface area is 124 Å². The van der Waals surface area contributed by atoms with Gasteiger partial charge in [-0.2, -0.15) is 4.98 Å². The molecule has 0 unspecified atom stereocenters. The zero-order valence-corrected chi connectivity index (χ0v) is 12.2. The first kappa shape index (κ1) is 15.2. The second-order valence-electron chi connectivity index (χ2n) is 3.84. The van der Waals surface area contributed by atoms with E-state index in [1.807, 2.05) is 0 Å². The zero-order chi connectivity index (χ0) is 15.6. The highest BCUT2D eigenvalue weighted by Gasteiger charge is 2.22. The molecule has 2 aromatic rings. The molecular formula is C10H9ClN4O5S. The normalized spacial score (nSPS) is 11.3. The zero-order valence-electron chi connectivity index (χ0n) is 10.6. The van der Waals surface area contributed by atoms with Gasteiger partial charge in [-0.15, -0.1) is 0 Å². The number of sulfonamides is 1. The van der Waals surface area contributed by atoms with Crippen molar-refractivity contribution < 1.29 is 17.9 Å². The molecule has 0 amide bonds. The number of non-ortho nitro benzene ring substituents is 1. The van der Waals surface area contributed by atoms with Crippen LogP contribution in [0.4, 0.5) is 11.6 Å². The van der Waals surface area contributed by atoms with Gasteiger partial charge in [0.2, 0.25) is 5.89 Å². The Morgan fingerprint density at radius 3 is 2.71 bits per heavy atom. The van der Waals surface area contributed by atoms with Gasteiger partial charge in [-0.3, -0.25) is 10.1 Å². The first-order chi connectivity index (χ1) is 9.83. The van der Waals surface area contributed by atoms with Gasteiger partial charge in [0.05, 0.1) is 9.95 Å². The molecule has 0 spiro atoms. The number of hydrogen-bond donors (Lipinski definition) is 1. The Morgan fingerprint density at radius 1 is 1.48 bits per heavy atom. The number of benzene rings is 1. The summed E-state index contributed by atoms with van der Waals surface area (Å²) in [5.74, 6) is 0.0313. The molecule has 0 aliphatic rings. The van der Waals surface area contributed by atoms with Crippen LogP contribution in [0.15, 0.2) is 27.6 Å². The van der Waals surface area contributed by atoms with Crippen LogP contribution in [-0.4, -0.2) is 23.5 Å². The minimum Gasteiger partial charge on any atom is -0.337 e. The number of halogens is 1. The van der Waals surface area contributed by atoms with E-state index in [4.69, 9.17) is 16.1 Å². The van der Waals surface area contributed by atoms with Gasteiger partial charge in [-0.1, -0.05) is 18.5 Å². The van der Waals surface area contributed by atoms with Crippen LogP contribution in [-0.2, 0) is 16.4 Å². The summed E-state index contributed by atoms with van der Waals surface area (Å²) in [5.41, 5.74) is -0.313. The van der Waals surface area contributed by atoms with Crippen molar-refractivity contribution in [2.45, 2.75) is 18.2 Å². The standard InChI is InChI=1S/C10H9ClN4O5S/c1-2-9-12-10(13-20-9)14-21(18,19)8-4-3-6(15(16)17)5-7(8)11/h3-5H,2H2,1H3,(H,13,14). The van der Waals surface area contributed by atoms with Gasteiger partial charge in [0, 0.05) is 18.6 Å². The predicted molar refractivity (Wildman–Crippen MR) is 72.6 cm³/mol. The van der Waals surface area contributed by atoms with E-state index in [1.54, 1.807) is 6.92 Å². The van der Waals surface area contributed by atoms with E-state index in [0.717, 1.165) is 18.2 Å². The van der Waals surface area contributed by atoms with Gasteiger partial charge in [0.25, 0.3) is 21.7 Å². The molecule has 1 aromatic carbocycles. The number of nitro benzene ring substituents is 1. The molecule has 112 valence electrons. The summed E-state index contributed by atoms with van der Waals surface area (Å²) in [6.07, 6.45) is 0.451. The van der Waals surface area contributed by atoms with Gasteiger partial charge in [0.15, 0.2) is 0 Å². The molecule has 0 radical (unpaired) electrons. The van der Waals surface area contributed by atoms with Crippen molar-refractivity contribution >= 4 is 33.3 Å². The molecule has 0 saturated heterocycles. The van der Waals surface area contributed by atoms with Crippen LogP contribution in [0.5, 0.6) is 0 Å². The third-order valence-corrected chi connectivity index (χ3v) is 4.22. The minimum atomic E-state index is -4.07. The van der Waals surface area contributed by atoms with Crippen molar-refractivity contribution in [2.75, 3.05) is 4.72 Å². The Hall–Kier alpha value is -2.20. The van der Waals surface area contributed by atoms with Crippen LogP contribution < -0.4 is 4.72 Å². The van der Waals surface area contributed by atoms with Crippen molar-refractivity contribution in [2.24, 2.45) is 0 Å². The lowest BCUT2D eigenvalue weighted by atomic mass is 10.3. The average Bonchev–Trinajstić information content (AvgIpc) is 2.85. The van der Waals surface area contributed by atoms with E-state index in [-0.39, 0.29) is 27.4 Å². The highest BCUT2D eigenvalue weighted by Crippen LogP contribution is 2.27. The number of nitrogens with one attached hydrogen (secondary N) is 1. The fraction of sp³-hybridized carbons (Fsp3) is 0.200. The van der Waals surface area contributed by atoms with Gasteiger partial charge in [-0.25, -0.2) is 13.1 Å². The lowest BCUT2D eigenvalue weighted by molar-refractivity contribution is -0.384. The maximum Gasteiger partial charge on any atom is 0.277 e. The fourth-order valence-corrected chi connectivity index (χ4v) is 2.91. The van der Waals surface area contributed by atoms with E-state index in [0.29, 0.717) is 6.42 Å². The number of rotatable bonds is 5. The smallest absolute Gasteiger partial charge is 0.277 e. The summed E-state index contributed by atoms with van der Waals surface area (Å²) in [5, 5.41) is 13.8. The molecule has 1 aromatic heterocycles. The van der Waals surface area contributed by atoms with Gasteiger partial charge in [-0.05, 0) is 11.2 Å². The Kier molecular flexibility index (Phi) is 4.09. The molecule has 0 atom stereocenters. The van der Waals surface area contributed by atoms with E-state index in [9.17, 15) is 18.5 Å². The highest BCUT2D eigenvalue weighted by atomic mass is 35.5. The molecule has 2 rings (SSSR count). The molecule has 0 saturated carbocycles. The van der Waals surface area contributed by atoms with Crippen molar-refractivity contribution in [3.63, 3.8) is 0 Å². The third kappa shape index (κ3) is 3.28. The summed E-state index contributed by atoms with van der Waals surface area (Å²) in [7, 11) is -4.07. The molecule has 0 aliphatic heterocycles. The molecule has 1 heterocycles. The van der Waals surface area contributed by atoms with Crippen LogP contribution >= 0.6 is 11.6 Å². The molecule has 0 fully saturated rings. The van der Waals surface area contributed by atoms with Gasteiger partial charge < -0.3 is 4.52 Å². The van der Waals surface area contributed by atoms with E-state index in [1.165, 1.54) is 0 Å². The number of nitrogens with zero attached hydrogens (tertiary/aromatic N) is 3. The quantitative estimate of drug-likeness (QED) is 0.654. The molecule has 21 heavy (non-hydrogen) atoms. The number of nitro groups is 1. The molecule has 9 nitrogen and oxygen atoms in total. The molecule has 0 bridgehead atoms. The number of anilines is 1. The van der Waals surface area contributed by atoms with Crippen molar-refractivity contribution in [1.29, 1.82) is 0 Å². The summed E-state index contributed by atoms with van der Waals surface area (Å²) in [6, 6.07) is 3.02. The minimum absolute atomic E-state index is 0.235. The van der Waals surface area contributed by atoms with Gasteiger partial charge in [0.1, 0.15) is 4.90 Å². The van der Waals surface area contributed by atoms with Crippen molar-refractivity contribution in [1.82, 2.24) is 10.1 Å². The predicted octanol–water partition coefficient (Wildman–Crippen LogP) is 1.99. The summed E-state index contributed by atoms with van der Waals surface area (Å²) in [4.78, 5) is 13.4. The monoisotopic (exact) mass is 332 g/mol. The third-order valence-electron chi connectivity index (χ3n) is 2.41. The average molecular weight is 333 g/mol. The highest BCUT2D eigenvalue weighted by molar-refractivity contribution is 7.92.